The number of amides is 3. The number of methoxy groups -OCH3 is 1. The minimum Gasteiger partial charge on any atom is -0.493 e. The van der Waals surface area contributed by atoms with Gasteiger partial charge in [0.05, 0.1) is 13.7 Å². The first-order valence-electron chi connectivity index (χ1n) is 7.33. The van der Waals surface area contributed by atoms with Crippen LogP contribution < -0.4 is 20.1 Å². The highest BCUT2D eigenvalue weighted by Crippen LogP contribution is 2.30. The summed E-state index contributed by atoms with van der Waals surface area (Å²) in [5, 5.41) is 4.24. The number of benzene rings is 2. The van der Waals surface area contributed by atoms with Crippen LogP contribution in [0.4, 0.5) is 19.3 Å². The number of rotatable bonds is 5. The van der Waals surface area contributed by atoms with Gasteiger partial charge in [-0.1, -0.05) is 6.07 Å². The minimum absolute atomic E-state index is 0.305. The van der Waals surface area contributed by atoms with Gasteiger partial charge in [-0.2, -0.15) is 0 Å². The van der Waals surface area contributed by atoms with Crippen LogP contribution in [0.25, 0.3) is 0 Å². The van der Waals surface area contributed by atoms with E-state index in [4.69, 9.17) is 9.47 Å². The summed E-state index contributed by atoms with van der Waals surface area (Å²) >= 11 is 0. The second kappa shape index (κ2) is 8.09. The Balaban J connectivity index is 2.08. The summed E-state index contributed by atoms with van der Waals surface area (Å²) in [4.78, 5) is 23.7. The summed E-state index contributed by atoms with van der Waals surface area (Å²) in [6.07, 6.45) is 0. The van der Waals surface area contributed by atoms with Gasteiger partial charge >= 0.3 is 6.03 Å². The molecule has 0 bridgehead atoms. The Labute approximate surface area is 142 Å². The number of nitrogens with one attached hydrogen (secondary N) is 2. The van der Waals surface area contributed by atoms with Gasteiger partial charge in [0, 0.05) is 11.8 Å². The maximum atomic E-state index is 13.5. The molecule has 0 aliphatic rings. The number of halogens is 2. The van der Waals surface area contributed by atoms with Crippen molar-refractivity contribution >= 4 is 17.6 Å². The van der Waals surface area contributed by atoms with Crippen LogP contribution in [0.5, 0.6) is 11.5 Å². The van der Waals surface area contributed by atoms with E-state index < -0.39 is 29.1 Å². The number of hydrogen-bond donors (Lipinski definition) is 2. The molecule has 0 aromatic heterocycles. The Bertz CT molecular complexity index is 776. The third-order valence-electron chi connectivity index (χ3n) is 3.14. The molecule has 0 atom stereocenters. The molecule has 0 aliphatic carbocycles. The summed E-state index contributed by atoms with van der Waals surface area (Å²) in [5.74, 6) is -2.45. The van der Waals surface area contributed by atoms with E-state index in [2.05, 4.69) is 5.32 Å². The van der Waals surface area contributed by atoms with Crippen molar-refractivity contribution in [3.05, 3.63) is 53.6 Å². The van der Waals surface area contributed by atoms with E-state index in [-0.39, 0.29) is 0 Å². The van der Waals surface area contributed by atoms with Gasteiger partial charge in [0.2, 0.25) is 0 Å². The largest absolute Gasteiger partial charge is 0.493 e. The van der Waals surface area contributed by atoms with Gasteiger partial charge in [0.15, 0.2) is 11.5 Å². The first kappa shape index (κ1) is 18.2. The molecule has 25 heavy (non-hydrogen) atoms. The average molecular weight is 350 g/mol. The van der Waals surface area contributed by atoms with Gasteiger partial charge in [-0.25, -0.2) is 13.6 Å². The van der Waals surface area contributed by atoms with Gasteiger partial charge in [0.25, 0.3) is 5.91 Å². The molecule has 132 valence electrons. The van der Waals surface area contributed by atoms with Crippen molar-refractivity contribution in [2.45, 2.75) is 6.92 Å². The predicted octanol–water partition coefficient (Wildman–Crippen LogP) is 3.33. The van der Waals surface area contributed by atoms with Gasteiger partial charge in [-0.05, 0) is 31.2 Å². The highest BCUT2D eigenvalue weighted by molar-refractivity contribution is 6.08. The zero-order valence-electron chi connectivity index (χ0n) is 13.6. The van der Waals surface area contributed by atoms with Crippen LogP contribution in [0, 0.1) is 11.6 Å². The van der Waals surface area contributed by atoms with Gasteiger partial charge in [-0.3, -0.25) is 10.1 Å². The smallest absolute Gasteiger partial charge is 0.326 e. The monoisotopic (exact) mass is 350 g/mol. The zero-order chi connectivity index (χ0) is 18.4. The first-order chi connectivity index (χ1) is 12.0. The zero-order valence-corrected chi connectivity index (χ0v) is 13.6. The number of hydrogen-bond acceptors (Lipinski definition) is 4. The number of carbonyl (C=O) groups excluding carboxylic acids is 2. The Kier molecular flexibility index (Phi) is 5.89. The number of carbonyl (C=O) groups is 2. The van der Waals surface area contributed by atoms with Gasteiger partial charge < -0.3 is 14.8 Å². The van der Waals surface area contributed by atoms with Crippen LogP contribution in [0.3, 0.4) is 0 Å². The maximum Gasteiger partial charge on any atom is 0.326 e. The molecule has 0 radical (unpaired) electrons. The minimum atomic E-state index is -1.19. The van der Waals surface area contributed by atoms with E-state index in [0.29, 0.717) is 23.8 Å². The van der Waals surface area contributed by atoms with Gasteiger partial charge in [0.1, 0.15) is 17.2 Å². The predicted molar refractivity (Wildman–Crippen MR) is 87.0 cm³/mol. The molecule has 3 amide bonds. The third kappa shape index (κ3) is 4.43. The standard InChI is InChI=1S/C17H16F2N2O4/c1-3-25-13-8-7-10(9-14(13)24-2)20-17(23)21-16(22)15-11(18)5-4-6-12(15)19/h4-9H,3H2,1-2H3,(H2,20,21,22,23). The average Bonchev–Trinajstić information content (AvgIpc) is 2.56. The molecule has 2 N–H and O–H groups in total. The molecule has 2 rings (SSSR count). The molecule has 0 fully saturated rings. The van der Waals surface area contributed by atoms with E-state index >= 15 is 0 Å². The Hall–Kier alpha value is -3.16. The lowest BCUT2D eigenvalue weighted by molar-refractivity contribution is 0.0959. The van der Waals surface area contributed by atoms with Crippen LogP contribution >= 0.6 is 0 Å². The molecule has 0 unspecified atom stereocenters. The Morgan fingerprint density at radius 1 is 1.08 bits per heavy atom. The molecular formula is C17H16F2N2O4. The Morgan fingerprint density at radius 3 is 2.36 bits per heavy atom. The molecule has 0 aliphatic heterocycles. The Morgan fingerprint density at radius 2 is 1.76 bits per heavy atom. The van der Waals surface area contributed by atoms with Crippen molar-refractivity contribution in [2.75, 3.05) is 19.0 Å². The first-order valence-corrected chi connectivity index (χ1v) is 7.33. The lowest BCUT2D eigenvalue weighted by Gasteiger charge is -2.12. The highest BCUT2D eigenvalue weighted by Gasteiger charge is 2.19. The molecular weight excluding hydrogens is 334 g/mol. The van der Waals surface area contributed by atoms with Crippen LogP contribution in [0.15, 0.2) is 36.4 Å². The van der Waals surface area contributed by atoms with Crippen molar-refractivity contribution < 1.29 is 27.8 Å². The fraction of sp³-hybridized carbons (Fsp3) is 0.176. The molecule has 0 heterocycles. The molecule has 0 saturated heterocycles. The van der Waals surface area contributed by atoms with Crippen molar-refractivity contribution in [2.24, 2.45) is 0 Å². The summed E-state index contributed by atoms with van der Waals surface area (Å²) < 4.78 is 37.5. The van der Waals surface area contributed by atoms with E-state index in [0.717, 1.165) is 18.2 Å². The molecule has 8 heteroatoms. The fourth-order valence-corrected chi connectivity index (χ4v) is 2.06. The lowest BCUT2D eigenvalue weighted by atomic mass is 10.2. The lowest BCUT2D eigenvalue weighted by Crippen LogP contribution is -2.35. The molecule has 0 saturated carbocycles. The second-order valence-corrected chi connectivity index (χ2v) is 4.80. The molecule has 2 aromatic carbocycles. The van der Waals surface area contributed by atoms with Crippen molar-refractivity contribution in [3.8, 4) is 11.5 Å². The van der Waals surface area contributed by atoms with Crippen LogP contribution in [-0.4, -0.2) is 25.7 Å². The van der Waals surface area contributed by atoms with Crippen molar-refractivity contribution in [1.82, 2.24) is 5.32 Å². The number of ether oxygens (including phenoxy) is 2. The van der Waals surface area contributed by atoms with Crippen LogP contribution in [0.1, 0.15) is 17.3 Å². The molecule has 6 nitrogen and oxygen atoms in total. The summed E-state index contributed by atoms with van der Waals surface area (Å²) in [5.41, 5.74) is -0.526. The SMILES string of the molecule is CCOc1ccc(NC(=O)NC(=O)c2c(F)cccc2F)cc1OC. The third-order valence-corrected chi connectivity index (χ3v) is 3.14. The topological polar surface area (TPSA) is 76.7 Å². The van der Waals surface area contributed by atoms with Crippen molar-refractivity contribution in [1.29, 1.82) is 0 Å². The number of imide groups is 1. The number of anilines is 1. The second-order valence-electron chi connectivity index (χ2n) is 4.80. The van der Waals surface area contributed by atoms with Crippen LogP contribution in [-0.2, 0) is 0 Å². The van der Waals surface area contributed by atoms with E-state index in [9.17, 15) is 18.4 Å². The van der Waals surface area contributed by atoms with E-state index in [1.54, 1.807) is 6.07 Å². The summed E-state index contributed by atoms with van der Waals surface area (Å²) in [6.45, 7) is 2.25. The molecule has 2 aromatic rings. The quantitative estimate of drug-likeness (QED) is 0.867. The van der Waals surface area contributed by atoms with Crippen molar-refractivity contribution in [3.63, 3.8) is 0 Å². The summed E-state index contributed by atoms with van der Waals surface area (Å²) in [7, 11) is 1.44. The highest BCUT2D eigenvalue weighted by atomic mass is 19.1. The fourth-order valence-electron chi connectivity index (χ4n) is 2.06. The van der Waals surface area contributed by atoms with Crippen LogP contribution in [0.2, 0.25) is 0 Å². The maximum absolute atomic E-state index is 13.5. The van der Waals surface area contributed by atoms with E-state index in [1.807, 2.05) is 12.2 Å². The number of urea groups is 1. The molecule has 0 spiro atoms. The summed E-state index contributed by atoms with van der Waals surface area (Å²) in [6, 6.07) is 6.61. The normalized spacial score (nSPS) is 10.1. The van der Waals surface area contributed by atoms with E-state index in [1.165, 1.54) is 19.2 Å². The van der Waals surface area contributed by atoms with Gasteiger partial charge in [-0.15, -0.1) is 0 Å².